The first-order chi connectivity index (χ1) is 8.11. The van der Waals surface area contributed by atoms with Crippen LogP contribution in [0.1, 0.15) is 30.7 Å². The predicted octanol–water partition coefficient (Wildman–Crippen LogP) is 4.14. The lowest BCUT2D eigenvalue weighted by Gasteiger charge is -2.15. The maximum atomic E-state index is 10.9. The molecule has 2 nitrogen and oxygen atoms in total. The summed E-state index contributed by atoms with van der Waals surface area (Å²) in [5.41, 5.74) is 1.15. The molecule has 1 aromatic rings. The summed E-state index contributed by atoms with van der Waals surface area (Å²) in [7, 11) is 0. The van der Waals surface area contributed by atoms with Crippen molar-refractivity contribution in [3.05, 3.63) is 28.2 Å². The molecule has 1 N–H and O–H groups in total. The number of hydrogen-bond donors (Lipinski definition) is 1. The maximum Gasteiger partial charge on any atom is 0.303 e. The zero-order valence-corrected chi connectivity index (χ0v) is 12.1. The normalized spacial score (nSPS) is 16.8. The van der Waals surface area contributed by atoms with Gasteiger partial charge in [-0.2, -0.15) is 0 Å². The number of benzene rings is 1. The summed E-state index contributed by atoms with van der Waals surface area (Å²) in [6.07, 6.45) is 4.62. The molecule has 4 heteroatoms. The van der Waals surface area contributed by atoms with Gasteiger partial charge < -0.3 is 5.11 Å². The van der Waals surface area contributed by atoms with Crippen molar-refractivity contribution in [2.45, 2.75) is 30.1 Å². The molecular formula is C13H15BrO2S. The third-order valence-electron chi connectivity index (χ3n) is 3.19. The number of carboxylic acids is 1. The van der Waals surface area contributed by atoms with Crippen molar-refractivity contribution in [2.24, 2.45) is 5.92 Å². The molecule has 1 unspecified atom stereocenters. The Morgan fingerprint density at radius 3 is 2.76 bits per heavy atom. The van der Waals surface area contributed by atoms with Crippen LogP contribution >= 0.6 is 27.7 Å². The summed E-state index contributed by atoms with van der Waals surface area (Å²) in [4.78, 5) is 12.1. The average Bonchev–Trinajstić information content (AvgIpc) is 3.09. The summed E-state index contributed by atoms with van der Waals surface area (Å²) >= 11 is 5.23. The van der Waals surface area contributed by atoms with E-state index in [9.17, 15) is 4.79 Å². The molecule has 1 aliphatic rings. The summed E-state index contributed by atoms with van der Waals surface area (Å²) in [5.74, 6) is 0.0461. The van der Waals surface area contributed by atoms with E-state index in [0.717, 1.165) is 10.0 Å². The molecule has 0 bridgehead atoms. The first kappa shape index (κ1) is 13.0. The molecule has 1 atom stereocenters. The first-order valence-electron chi connectivity index (χ1n) is 5.67. The van der Waals surface area contributed by atoms with Gasteiger partial charge in [0.25, 0.3) is 0 Å². The molecule has 0 aliphatic heterocycles. The van der Waals surface area contributed by atoms with Gasteiger partial charge >= 0.3 is 5.97 Å². The lowest BCUT2D eigenvalue weighted by molar-refractivity contribution is -0.137. The van der Waals surface area contributed by atoms with Crippen LogP contribution in [0.4, 0.5) is 0 Å². The van der Waals surface area contributed by atoms with E-state index in [1.54, 1.807) is 11.8 Å². The van der Waals surface area contributed by atoms with Crippen molar-refractivity contribution in [3.8, 4) is 0 Å². The molecule has 1 saturated carbocycles. The fourth-order valence-electron chi connectivity index (χ4n) is 2.16. The van der Waals surface area contributed by atoms with Gasteiger partial charge in [0.05, 0.1) is 6.42 Å². The van der Waals surface area contributed by atoms with Crippen molar-refractivity contribution in [2.75, 3.05) is 6.26 Å². The van der Waals surface area contributed by atoms with Gasteiger partial charge in [-0.05, 0) is 64.6 Å². The minimum atomic E-state index is -0.702. The van der Waals surface area contributed by atoms with Gasteiger partial charge in [-0.25, -0.2) is 0 Å². The Labute approximate surface area is 114 Å². The number of carbonyl (C=O) groups is 1. The van der Waals surface area contributed by atoms with Gasteiger partial charge in [0.15, 0.2) is 0 Å². The zero-order valence-electron chi connectivity index (χ0n) is 9.65. The second-order valence-electron chi connectivity index (χ2n) is 4.44. The molecule has 92 valence electrons. The Morgan fingerprint density at radius 1 is 1.59 bits per heavy atom. The summed E-state index contributed by atoms with van der Waals surface area (Å²) < 4.78 is 1.07. The Kier molecular flexibility index (Phi) is 4.15. The molecule has 2 rings (SSSR count). The van der Waals surface area contributed by atoms with Crippen LogP contribution in [0.15, 0.2) is 27.6 Å². The maximum absolute atomic E-state index is 10.9. The van der Waals surface area contributed by atoms with Gasteiger partial charge in [-0.15, -0.1) is 11.8 Å². The lowest BCUT2D eigenvalue weighted by Crippen LogP contribution is -2.08. The van der Waals surface area contributed by atoms with Crippen LogP contribution in [-0.4, -0.2) is 17.3 Å². The van der Waals surface area contributed by atoms with Crippen molar-refractivity contribution in [1.29, 1.82) is 0 Å². The molecule has 0 radical (unpaired) electrons. The quantitative estimate of drug-likeness (QED) is 0.830. The lowest BCUT2D eigenvalue weighted by atomic mass is 9.91. The van der Waals surface area contributed by atoms with Crippen LogP contribution in [0.3, 0.4) is 0 Å². The minimum absolute atomic E-state index is 0.180. The number of carboxylic acid groups (broad SMARTS) is 1. The van der Waals surface area contributed by atoms with E-state index >= 15 is 0 Å². The number of thioether (sulfide) groups is 1. The third-order valence-corrected chi connectivity index (χ3v) is 4.90. The molecule has 0 heterocycles. The smallest absolute Gasteiger partial charge is 0.303 e. The molecule has 1 aromatic carbocycles. The third kappa shape index (κ3) is 3.26. The highest BCUT2D eigenvalue weighted by Crippen LogP contribution is 2.45. The van der Waals surface area contributed by atoms with Crippen molar-refractivity contribution >= 4 is 33.7 Å². The van der Waals surface area contributed by atoms with Gasteiger partial charge in [0, 0.05) is 9.37 Å². The number of halogens is 1. The fraction of sp³-hybridized carbons (Fsp3) is 0.462. The highest BCUT2D eigenvalue weighted by molar-refractivity contribution is 9.10. The SMILES string of the molecule is CSc1ccc(C(CC(=O)O)C2CC2)cc1Br. The van der Waals surface area contributed by atoms with Crippen LogP contribution in [0.25, 0.3) is 0 Å². The molecule has 0 aromatic heterocycles. The minimum Gasteiger partial charge on any atom is -0.481 e. The first-order valence-corrected chi connectivity index (χ1v) is 7.69. The Balaban J connectivity index is 2.23. The predicted molar refractivity (Wildman–Crippen MR) is 73.6 cm³/mol. The molecule has 1 aliphatic carbocycles. The molecular weight excluding hydrogens is 300 g/mol. The largest absolute Gasteiger partial charge is 0.481 e. The summed E-state index contributed by atoms with van der Waals surface area (Å²) in [6, 6.07) is 6.22. The molecule has 1 fully saturated rings. The number of aliphatic carboxylic acids is 1. The van der Waals surface area contributed by atoms with Crippen molar-refractivity contribution in [1.82, 2.24) is 0 Å². The molecule has 17 heavy (non-hydrogen) atoms. The van der Waals surface area contributed by atoms with Gasteiger partial charge in [-0.1, -0.05) is 6.07 Å². The van der Waals surface area contributed by atoms with E-state index in [1.807, 2.05) is 6.26 Å². The van der Waals surface area contributed by atoms with Crippen molar-refractivity contribution in [3.63, 3.8) is 0 Å². The van der Waals surface area contributed by atoms with Crippen LogP contribution in [0.2, 0.25) is 0 Å². The Hall–Kier alpha value is -0.480. The van der Waals surface area contributed by atoms with E-state index in [0.29, 0.717) is 5.92 Å². The zero-order chi connectivity index (χ0) is 12.4. The van der Waals surface area contributed by atoms with E-state index in [1.165, 1.54) is 17.7 Å². The second kappa shape index (κ2) is 5.44. The van der Waals surface area contributed by atoms with E-state index in [-0.39, 0.29) is 12.3 Å². The molecule has 0 amide bonds. The monoisotopic (exact) mass is 314 g/mol. The van der Waals surface area contributed by atoms with Gasteiger partial charge in [-0.3, -0.25) is 4.79 Å². The number of rotatable bonds is 5. The molecule has 0 spiro atoms. The Morgan fingerprint density at radius 2 is 2.29 bits per heavy atom. The van der Waals surface area contributed by atoms with Crippen LogP contribution in [-0.2, 0) is 4.79 Å². The Bertz CT molecular complexity index is 429. The van der Waals surface area contributed by atoms with Crippen LogP contribution < -0.4 is 0 Å². The summed E-state index contributed by atoms with van der Waals surface area (Å²) in [6.45, 7) is 0. The van der Waals surface area contributed by atoms with E-state index in [2.05, 4.69) is 34.1 Å². The summed E-state index contributed by atoms with van der Waals surface area (Å²) in [5, 5.41) is 8.98. The van der Waals surface area contributed by atoms with E-state index in [4.69, 9.17) is 5.11 Å². The second-order valence-corrected chi connectivity index (χ2v) is 6.14. The van der Waals surface area contributed by atoms with E-state index < -0.39 is 5.97 Å². The fourth-order valence-corrected chi connectivity index (χ4v) is 3.50. The van der Waals surface area contributed by atoms with Crippen LogP contribution in [0, 0.1) is 5.92 Å². The van der Waals surface area contributed by atoms with Gasteiger partial charge in [0.1, 0.15) is 0 Å². The van der Waals surface area contributed by atoms with Crippen molar-refractivity contribution < 1.29 is 9.90 Å². The van der Waals surface area contributed by atoms with Crippen LogP contribution in [0.5, 0.6) is 0 Å². The standard InChI is InChI=1S/C13H15BrO2S/c1-17-12-5-4-9(6-11(12)14)10(7-13(15)16)8-2-3-8/h4-6,8,10H,2-3,7H2,1H3,(H,15,16). The average molecular weight is 315 g/mol. The topological polar surface area (TPSA) is 37.3 Å². The highest BCUT2D eigenvalue weighted by atomic mass is 79.9. The number of hydrogen-bond acceptors (Lipinski definition) is 2. The van der Waals surface area contributed by atoms with Gasteiger partial charge in [0.2, 0.25) is 0 Å². The molecule has 0 saturated heterocycles. The highest BCUT2D eigenvalue weighted by Gasteiger charge is 2.33.